The molecule has 0 aliphatic heterocycles. The van der Waals surface area contributed by atoms with Crippen LogP contribution in [-0.2, 0) is 19.3 Å². The summed E-state index contributed by atoms with van der Waals surface area (Å²) in [6.45, 7) is 4.50. The van der Waals surface area contributed by atoms with Gasteiger partial charge < -0.3 is 0 Å². The van der Waals surface area contributed by atoms with Crippen molar-refractivity contribution in [3.05, 3.63) is 107 Å². The van der Waals surface area contributed by atoms with Crippen molar-refractivity contribution in [2.24, 2.45) is 0 Å². The molecule has 0 N–H and O–H groups in total. The van der Waals surface area contributed by atoms with Crippen molar-refractivity contribution in [1.29, 1.82) is 0 Å². The number of nitrogens with zero attached hydrogens (tertiary/aromatic N) is 4. The van der Waals surface area contributed by atoms with Gasteiger partial charge in [-0.2, -0.15) is 4.52 Å². The number of aryl methyl sites for hydroxylation is 2. The molecule has 0 atom stereocenters. The maximum absolute atomic E-state index is 5.07. The Morgan fingerprint density at radius 2 is 1.24 bits per heavy atom. The van der Waals surface area contributed by atoms with E-state index in [0.717, 1.165) is 46.7 Å². The molecule has 0 unspecified atom stereocenters. The van der Waals surface area contributed by atoms with Gasteiger partial charge >= 0.3 is 0 Å². The van der Waals surface area contributed by atoms with Crippen LogP contribution in [0.3, 0.4) is 0 Å². The molecule has 0 aliphatic rings. The van der Waals surface area contributed by atoms with E-state index < -0.39 is 0 Å². The zero-order valence-electron chi connectivity index (χ0n) is 22.7. The second-order valence-corrected chi connectivity index (χ2v) is 10.3. The summed E-state index contributed by atoms with van der Waals surface area (Å²) < 4.78 is 1.92. The first-order valence-electron chi connectivity index (χ1n) is 14.2. The van der Waals surface area contributed by atoms with E-state index in [9.17, 15) is 0 Å². The van der Waals surface area contributed by atoms with Gasteiger partial charge in [0.05, 0.1) is 11.2 Å². The van der Waals surface area contributed by atoms with Crippen LogP contribution < -0.4 is 0 Å². The van der Waals surface area contributed by atoms with E-state index in [-0.39, 0.29) is 0 Å². The van der Waals surface area contributed by atoms with Crippen molar-refractivity contribution in [2.45, 2.75) is 71.6 Å². The fourth-order valence-electron chi connectivity index (χ4n) is 5.03. The van der Waals surface area contributed by atoms with Crippen molar-refractivity contribution in [3.8, 4) is 22.5 Å². The second kappa shape index (κ2) is 12.6. The van der Waals surface area contributed by atoms with Crippen molar-refractivity contribution in [1.82, 2.24) is 19.8 Å². The van der Waals surface area contributed by atoms with E-state index in [4.69, 9.17) is 4.98 Å². The number of hydrogen-bond donors (Lipinski definition) is 0. The summed E-state index contributed by atoms with van der Waals surface area (Å²) in [6, 6.07) is 30.3. The molecule has 0 saturated heterocycles. The first-order chi connectivity index (χ1) is 18.7. The van der Waals surface area contributed by atoms with Crippen LogP contribution in [0.15, 0.2) is 84.9 Å². The normalized spacial score (nSPS) is 11.3. The number of aromatic nitrogens is 4. The molecule has 3 aromatic carbocycles. The lowest BCUT2D eigenvalue weighted by molar-refractivity contribution is 0.717. The van der Waals surface area contributed by atoms with Gasteiger partial charge in [0, 0.05) is 17.5 Å². The molecule has 5 aromatic rings. The largest absolute Gasteiger partial charge is 0.232 e. The third kappa shape index (κ3) is 6.19. The zero-order valence-corrected chi connectivity index (χ0v) is 22.7. The first-order valence-corrected chi connectivity index (χ1v) is 14.2. The van der Waals surface area contributed by atoms with Crippen LogP contribution in [0, 0.1) is 0 Å². The Morgan fingerprint density at radius 1 is 0.632 bits per heavy atom. The highest BCUT2D eigenvalue weighted by Gasteiger charge is 2.16. The van der Waals surface area contributed by atoms with Crippen molar-refractivity contribution >= 4 is 5.52 Å². The molecule has 194 valence electrons. The van der Waals surface area contributed by atoms with E-state index in [2.05, 4.69) is 103 Å². The van der Waals surface area contributed by atoms with Crippen LogP contribution >= 0.6 is 0 Å². The molecular weight excluding hydrogens is 464 g/mol. The molecule has 0 aliphatic carbocycles. The molecular formula is C34H38N4. The SMILES string of the molecule is CCCCCc1ccc(Cc2nc(-c3ccccc3)cc3c(-c4ccc(CCCCC)cc4)nnn23)cc1. The number of fused-ring (bicyclic) bond motifs is 1. The summed E-state index contributed by atoms with van der Waals surface area (Å²) in [5.74, 6) is 0.898. The van der Waals surface area contributed by atoms with Crippen molar-refractivity contribution in [3.63, 3.8) is 0 Å². The Balaban J connectivity index is 1.48. The van der Waals surface area contributed by atoms with Crippen LogP contribution in [0.4, 0.5) is 0 Å². The second-order valence-electron chi connectivity index (χ2n) is 10.3. The summed E-state index contributed by atoms with van der Waals surface area (Å²) in [4.78, 5) is 5.07. The average Bonchev–Trinajstić information content (AvgIpc) is 3.39. The fraction of sp³-hybridized carbons (Fsp3) is 0.324. The minimum absolute atomic E-state index is 0.700. The van der Waals surface area contributed by atoms with Gasteiger partial charge in [-0.25, -0.2) is 4.98 Å². The standard InChI is InChI=1S/C34H38N4/c1-3-5-8-12-26-16-18-28(19-17-26)24-33-35-31(29-14-10-7-11-15-29)25-32-34(36-37-38(32)33)30-22-20-27(21-23-30)13-9-6-4-2/h7,10-11,14-23,25H,3-6,8-9,12-13,24H2,1-2H3. The average molecular weight is 503 g/mol. The maximum atomic E-state index is 5.07. The molecule has 0 saturated carbocycles. The molecule has 2 aromatic heterocycles. The minimum atomic E-state index is 0.700. The Hall–Kier alpha value is -3.79. The molecule has 2 heterocycles. The van der Waals surface area contributed by atoms with Gasteiger partial charge in [0.15, 0.2) is 0 Å². The van der Waals surface area contributed by atoms with E-state index >= 15 is 0 Å². The van der Waals surface area contributed by atoms with Gasteiger partial charge in [-0.15, -0.1) is 5.10 Å². The number of hydrogen-bond acceptors (Lipinski definition) is 3. The molecule has 0 spiro atoms. The summed E-state index contributed by atoms with van der Waals surface area (Å²) in [5, 5.41) is 9.22. The highest BCUT2D eigenvalue weighted by Crippen LogP contribution is 2.28. The third-order valence-electron chi connectivity index (χ3n) is 7.29. The molecule has 0 bridgehead atoms. The van der Waals surface area contributed by atoms with Gasteiger partial charge in [0.25, 0.3) is 0 Å². The monoisotopic (exact) mass is 502 g/mol. The van der Waals surface area contributed by atoms with Crippen molar-refractivity contribution in [2.75, 3.05) is 0 Å². The Labute approximate surface area is 226 Å². The molecule has 38 heavy (non-hydrogen) atoms. The van der Waals surface area contributed by atoms with Gasteiger partial charge in [0.2, 0.25) is 0 Å². The first kappa shape index (κ1) is 25.8. The maximum Gasteiger partial charge on any atom is 0.137 e. The Morgan fingerprint density at radius 3 is 1.87 bits per heavy atom. The Kier molecular flexibility index (Phi) is 8.60. The molecule has 5 rings (SSSR count). The molecule has 4 heteroatoms. The topological polar surface area (TPSA) is 43.1 Å². The minimum Gasteiger partial charge on any atom is -0.232 e. The predicted octanol–water partition coefficient (Wildman–Crippen LogP) is 8.51. The molecule has 0 amide bonds. The number of rotatable bonds is 12. The van der Waals surface area contributed by atoms with E-state index in [0.29, 0.717) is 6.42 Å². The molecule has 4 nitrogen and oxygen atoms in total. The van der Waals surface area contributed by atoms with E-state index in [1.165, 1.54) is 55.2 Å². The highest BCUT2D eigenvalue weighted by molar-refractivity contribution is 5.79. The Bertz CT molecular complexity index is 1430. The van der Waals surface area contributed by atoms with Crippen LogP contribution in [0.2, 0.25) is 0 Å². The quantitative estimate of drug-likeness (QED) is 0.161. The molecule has 0 radical (unpaired) electrons. The van der Waals surface area contributed by atoms with Gasteiger partial charge in [-0.3, -0.25) is 0 Å². The predicted molar refractivity (Wildman–Crippen MR) is 157 cm³/mol. The summed E-state index contributed by atoms with van der Waals surface area (Å²) >= 11 is 0. The van der Waals surface area contributed by atoms with E-state index in [1.54, 1.807) is 0 Å². The number of unbranched alkanes of at least 4 members (excludes halogenated alkanes) is 4. The van der Waals surface area contributed by atoms with Crippen LogP contribution in [0.5, 0.6) is 0 Å². The molecule has 0 fully saturated rings. The fourth-order valence-corrected chi connectivity index (χ4v) is 5.03. The van der Waals surface area contributed by atoms with Crippen LogP contribution in [0.1, 0.15) is 74.9 Å². The third-order valence-corrected chi connectivity index (χ3v) is 7.29. The van der Waals surface area contributed by atoms with Gasteiger partial charge in [-0.1, -0.05) is 124 Å². The van der Waals surface area contributed by atoms with E-state index in [1.807, 2.05) is 10.6 Å². The lowest BCUT2D eigenvalue weighted by Crippen LogP contribution is -2.05. The smallest absolute Gasteiger partial charge is 0.137 e. The summed E-state index contributed by atoms with van der Waals surface area (Å²) in [7, 11) is 0. The zero-order chi connectivity index (χ0) is 26.2. The van der Waals surface area contributed by atoms with Gasteiger partial charge in [-0.05, 0) is 48.4 Å². The lowest BCUT2D eigenvalue weighted by atomic mass is 10.0. The summed E-state index contributed by atoms with van der Waals surface area (Å²) in [6.07, 6.45) is 10.5. The van der Waals surface area contributed by atoms with Crippen LogP contribution in [-0.4, -0.2) is 19.8 Å². The van der Waals surface area contributed by atoms with Crippen molar-refractivity contribution < 1.29 is 0 Å². The van der Waals surface area contributed by atoms with Gasteiger partial charge in [0.1, 0.15) is 11.5 Å². The number of benzene rings is 3. The van der Waals surface area contributed by atoms with Crippen LogP contribution in [0.25, 0.3) is 28.0 Å². The summed E-state index contributed by atoms with van der Waals surface area (Å²) in [5.41, 5.74) is 9.04. The highest BCUT2D eigenvalue weighted by atomic mass is 15.4. The lowest BCUT2D eigenvalue weighted by Gasteiger charge is -2.10.